The van der Waals surface area contributed by atoms with Gasteiger partial charge in [0.25, 0.3) is 0 Å². The highest BCUT2D eigenvalue weighted by Gasteiger charge is 2.26. The molecule has 0 aliphatic heterocycles. The van der Waals surface area contributed by atoms with Crippen LogP contribution in [0.1, 0.15) is 56.2 Å². The van der Waals surface area contributed by atoms with Gasteiger partial charge in [-0.3, -0.25) is 0 Å². The van der Waals surface area contributed by atoms with Crippen LogP contribution in [0, 0.1) is 13.8 Å². The second-order valence-electron chi connectivity index (χ2n) is 9.23. The summed E-state index contributed by atoms with van der Waals surface area (Å²) in [6.07, 6.45) is 7.48. The number of fused-ring (bicyclic) bond motifs is 5. The second-order valence-corrected chi connectivity index (χ2v) is 9.23. The maximum atomic E-state index is 9.21. The van der Waals surface area contributed by atoms with Crippen molar-refractivity contribution in [2.24, 2.45) is 7.05 Å². The highest BCUT2D eigenvalue weighted by atomic mass is 16.3. The number of aromatic nitrogens is 2. The van der Waals surface area contributed by atoms with Crippen LogP contribution in [0.5, 0.6) is 0 Å². The molecular weight excluding hydrogens is 392 g/mol. The van der Waals surface area contributed by atoms with Gasteiger partial charge in [-0.1, -0.05) is 43.5 Å². The van der Waals surface area contributed by atoms with E-state index in [0.717, 1.165) is 64.6 Å². The number of benzene rings is 2. The Bertz CT molecular complexity index is 1540. The number of hydrogen-bond acceptors (Lipinski definition) is 2. The molecule has 2 aromatic carbocycles. The summed E-state index contributed by atoms with van der Waals surface area (Å²) in [4.78, 5) is 4.71. The standard InChI is InChI=1S/C29H29N2O/c1-18-13-14-24-27-23-12-8-7-11-22(23)19(2)26(28(27)32-29(24)30-18)25-17-21(15-16-31(25)3)20-9-5-4-6-10-20/h7-8,11-17,20H,4-6,9-10H2,1-3H3/q+1/i20D. The number of hydrogen-bond donors (Lipinski definition) is 0. The van der Waals surface area contributed by atoms with E-state index in [4.69, 9.17) is 9.40 Å². The summed E-state index contributed by atoms with van der Waals surface area (Å²) in [6.45, 7) is 4.19. The van der Waals surface area contributed by atoms with E-state index in [9.17, 15) is 1.37 Å². The molecule has 6 rings (SSSR count). The first-order valence-electron chi connectivity index (χ1n) is 12.2. The average Bonchev–Trinajstić information content (AvgIpc) is 3.19. The summed E-state index contributed by atoms with van der Waals surface area (Å²) in [5, 5.41) is 4.60. The van der Waals surface area contributed by atoms with Gasteiger partial charge < -0.3 is 4.42 Å². The monoisotopic (exact) mass is 422 g/mol. The van der Waals surface area contributed by atoms with Gasteiger partial charge in [0.15, 0.2) is 11.8 Å². The van der Waals surface area contributed by atoms with Crippen LogP contribution in [0.4, 0.5) is 0 Å². The zero-order valence-electron chi connectivity index (χ0n) is 20.0. The van der Waals surface area contributed by atoms with Crippen LogP contribution in [-0.2, 0) is 7.05 Å². The summed E-state index contributed by atoms with van der Waals surface area (Å²) in [5.74, 6) is -0.502. The lowest BCUT2D eigenvalue weighted by Crippen LogP contribution is -2.31. The lowest BCUT2D eigenvalue weighted by molar-refractivity contribution is -0.660. The molecule has 1 fully saturated rings. The van der Waals surface area contributed by atoms with Crippen LogP contribution >= 0.6 is 0 Å². The van der Waals surface area contributed by atoms with Gasteiger partial charge in [0.2, 0.25) is 11.4 Å². The Labute approximate surface area is 190 Å². The van der Waals surface area contributed by atoms with E-state index < -0.39 is 5.89 Å². The Balaban J connectivity index is 1.72. The summed E-state index contributed by atoms with van der Waals surface area (Å²) in [6, 6.07) is 17.1. The third kappa shape index (κ3) is 2.95. The van der Waals surface area contributed by atoms with Crippen molar-refractivity contribution >= 4 is 32.8 Å². The maximum absolute atomic E-state index is 9.21. The largest absolute Gasteiger partial charge is 0.437 e. The lowest BCUT2D eigenvalue weighted by Gasteiger charge is -2.22. The van der Waals surface area contributed by atoms with Gasteiger partial charge in [-0.25, -0.2) is 9.55 Å². The summed E-state index contributed by atoms with van der Waals surface area (Å²) >= 11 is 0. The Hall–Kier alpha value is -3.20. The van der Waals surface area contributed by atoms with E-state index >= 15 is 0 Å². The van der Waals surface area contributed by atoms with Gasteiger partial charge in [0.05, 0.1) is 5.56 Å². The number of rotatable bonds is 2. The zero-order valence-corrected chi connectivity index (χ0v) is 19.0. The minimum Gasteiger partial charge on any atom is -0.437 e. The fourth-order valence-corrected chi connectivity index (χ4v) is 5.46. The molecule has 0 radical (unpaired) electrons. The molecule has 160 valence electrons. The Morgan fingerprint density at radius 2 is 1.75 bits per heavy atom. The minimum atomic E-state index is -0.502. The molecule has 1 saturated carbocycles. The summed E-state index contributed by atoms with van der Waals surface area (Å²) in [7, 11) is 2.09. The smallest absolute Gasteiger partial charge is 0.227 e. The van der Waals surface area contributed by atoms with Crippen LogP contribution in [0.25, 0.3) is 44.1 Å². The molecule has 0 spiro atoms. The molecule has 5 aromatic rings. The summed E-state index contributed by atoms with van der Waals surface area (Å²) in [5.41, 5.74) is 7.02. The van der Waals surface area contributed by atoms with Crippen LogP contribution in [-0.4, -0.2) is 4.98 Å². The number of aryl methyl sites for hydroxylation is 3. The third-order valence-corrected chi connectivity index (χ3v) is 7.17. The first-order chi connectivity index (χ1) is 16.0. The normalized spacial score (nSPS) is 16.7. The van der Waals surface area contributed by atoms with E-state index in [-0.39, 0.29) is 0 Å². The first-order valence-corrected chi connectivity index (χ1v) is 11.7. The highest BCUT2D eigenvalue weighted by Crippen LogP contribution is 2.43. The molecule has 32 heavy (non-hydrogen) atoms. The number of furan rings is 1. The molecule has 3 aromatic heterocycles. The van der Waals surface area contributed by atoms with Crippen molar-refractivity contribution in [2.75, 3.05) is 0 Å². The van der Waals surface area contributed by atoms with E-state index in [2.05, 4.69) is 73.3 Å². The van der Waals surface area contributed by atoms with Crippen molar-refractivity contribution in [3.63, 3.8) is 0 Å². The quantitative estimate of drug-likeness (QED) is 0.280. The zero-order chi connectivity index (χ0) is 22.7. The van der Waals surface area contributed by atoms with Crippen LogP contribution in [0.3, 0.4) is 0 Å². The van der Waals surface area contributed by atoms with Gasteiger partial charge in [0, 0.05) is 30.0 Å². The molecule has 0 saturated heterocycles. The summed E-state index contributed by atoms with van der Waals surface area (Å²) < 4.78 is 17.9. The Morgan fingerprint density at radius 1 is 0.969 bits per heavy atom. The first kappa shape index (κ1) is 18.4. The van der Waals surface area contributed by atoms with Crippen molar-refractivity contribution < 1.29 is 10.4 Å². The van der Waals surface area contributed by atoms with Gasteiger partial charge in [-0.05, 0) is 66.6 Å². The molecule has 1 aliphatic carbocycles. The molecule has 3 nitrogen and oxygen atoms in total. The molecule has 0 bridgehead atoms. The van der Waals surface area contributed by atoms with E-state index in [1.54, 1.807) is 0 Å². The predicted molar refractivity (Wildman–Crippen MR) is 131 cm³/mol. The SMILES string of the molecule is [2H]C1(c2cc[n+](C)c(-c3c(C)c4ccccc4c4c3oc3nc(C)ccc34)c2)CCCCC1. The topological polar surface area (TPSA) is 29.9 Å². The molecule has 0 amide bonds. The fourth-order valence-electron chi connectivity index (χ4n) is 5.46. The van der Waals surface area contributed by atoms with Crippen molar-refractivity contribution in [3.8, 4) is 11.3 Å². The van der Waals surface area contributed by atoms with Gasteiger partial charge >= 0.3 is 0 Å². The average molecular weight is 423 g/mol. The molecule has 3 heterocycles. The Kier molecular flexibility index (Phi) is 4.27. The van der Waals surface area contributed by atoms with Gasteiger partial charge in [-0.15, -0.1) is 0 Å². The van der Waals surface area contributed by atoms with Crippen molar-refractivity contribution in [1.29, 1.82) is 0 Å². The minimum absolute atomic E-state index is 0.502. The molecule has 0 N–H and O–H groups in total. The molecule has 0 atom stereocenters. The third-order valence-electron chi connectivity index (χ3n) is 7.17. The van der Waals surface area contributed by atoms with Gasteiger partial charge in [-0.2, -0.15) is 0 Å². The van der Waals surface area contributed by atoms with Crippen LogP contribution < -0.4 is 4.57 Å². The Morgan fingerprint density at radius 3 is 2.56 bits per heavy atom. The van der Waals surface area contributed by atoms with Crippen molar-refractivity contribution in [2.45, 2.75) is 51.8 Å². The van der Waals surface area contributed by atoms with E-state index in [1.165, 1.54) is 22.8 Å². The molecule has 0 unspecified atom stereocenters. The number of nitrogens with zero attached hydrogens (tertiary/aromatic N) is 2. The van der Waals surface area contributed by atoms with Crippen LogP contribution in [0.2, 0.25) is 0 Å². The lowest BCUT2D eigenvalue weighted by atomic mass is 9.83. The second kappa shape index (κ2) is 7.44. The van der Waals surface area contributed by atoms with Crippen molar-refractivity contribution in [1.82, 2.24) is 4.98 Å². The van der Waals surface area contributed by atoms with E-state index in [0.29, 0.717) is 5.71 Å². The maximum Gasteiger partial charge on any atom is 0.227 e. The molecule has 3 heteroatoms. The fraction of sp³-hybridized carbons (Fsp3) is 0.310. The molecule has 1 aliphatic rings. The molecular formula is C29H29N2O+. The van der Waals surface area contributed by atoms with Crippen molar-refractivity contribution in [3.05, 3.63) is 71.5 Å². The van der Waals surface area contributed by atoms with E-state index in [1.807, 2.05) is 6.92 Å². The number of pyridine rings is 2. The predicted octanol–water partition coefficient (Wildman–Crippen LogP) is 7.29. The van der Waals surface area contributed by atoms with Gasteiger partial charge in [0.1, 0.15) is 7.05 Å². The highest BCUT2D eigenvalue weighted by molar-refractivity contribution is 6.22. The van der Waals surface area contributed by atoms with Crippen LogP contribution in [0.15, 0.2) is 59.1 Å².